The summed E-state index contributed by atoms with van der Waals surface area (Å²) in [5.41, 5.74) is 5.93. The smallest absolute Gasteiger partial charge is 0.111 e. The second-order valence-corrected chi connectivity index (χ2v) is 10.00. The third-order valence-corrected chi connectivity index (χ3v) is 7.95. The topological polar surface area (TPSA) is 40.5 Å². The van der Waals surface area contributed by atoms with Gasteiger partial charge in [-0.25, -0.2) is 0 Å². The van der Waals surface area contributed by atoms with Gasteiger partial charge in [0.2, 0.25) is 0 Å². The molecule has 2 nitrogen and oxygen atoms in total. The summed E-state index contributed by atoms with van der Waals surface area (Å²) in [7, 11) is 0. The molecule has 0 heterocycles. The van der Waals surface area contributed by atoms with E-state index in [0.29, 0.717) is 5.92 Å². The lowest BCUT2D eigenvalue weighted by Crippen LogP contribution is -2.33. The number of aliphatic hydroxyl groups excluding tert-OH is 2. The molecule has 4 rings (SSSR count). The molecule has 4 atom stereocenters. The molecule has 0 amide bonds. The lowest BCUT2D eigenvalue weighted by atomic mass is 9.61. The summed E-state index contributed by atoms with van der Waals surface area (Å²) in [5, 5.41) is 19.6. The number of hydrogen-bond acceptors (Lipinski definition) is 2. The highest BCUT2D eigenvalue weighted by atomic mass is 16.3. The maximum Gasteiger partial charge on any atom is 0.111 e. The summed E-state index contributed by atoms with van der Waals surface area (Å²) in [6.45, 7) is 8.36. The molecule has 0 aromatic heterocycles. The molecule has 0 aromatic carbocycles. The van der Waals surface area contributed by atoms with Crippen LogP contribution in [0.15, 0.2) is 47.1 Å². The molecule has 0 aliphatic heterocycles. The van der Waals surface area contributed by atoms with Crippen molar-refractivity contribution in [1.82, 2.24) is 0 Å². The Bertz CT molecular complexity index is 824. The van der Waals surface area contributed by atoms with E-state index in [2.05, 4.69) is 43.6 Å². The number of fused-ring (bicyclic) bond motifs is 1. The molecule has 2 N–H and O–H groups in total. The molecule has 3 saturated carbocycles. The Morgan fingerprint density at radius 1 is 1.24 bits per heavy atom. The van der Waals surface area contributed by atoms with Crippen molar-refractivity contribution in [2.45, 2.75) is 90.3 Å². The van der Waals surface area contributed by atoms with Crippen molar-refractivity contribution in [3.05, 3.63) is 47.1 Å². The SMILES string of the molecule is C=C1/C(=C\C=C2/CCCC3(C)C(C4(CC#CC(C)O)CC4)=CCC23)CCCC1O. The van der Waals surface area contributed by atoms with E-state index in [0.717, 1.165) is 37.7 Å². The van der Waals surface area contributed by atoms with Gasteiger partial charge in [0.15, 0.2) is 0 Å². The van der Waals surface area contributed by atoms with Crippen LogP contribution >= 0.6 is 0 Å². The van der Waals surface area contributed by atoms with Crippen molar-refractivity contribution in [3.8, 4) is 11.8 Å². The summed E-state index contributed by atoms with van der Waals surface area (Å²) in [6.07, 6.45) is 17.5. The molecule has 0 radical (unpaired) electrons. The summed E-state index contributed by atoms with van der Waals surface area (Å²) in [6, 6.07) is 0. The lowest BCUT2D eigenvalue weighted by molar-refractivity contribution is 0.191. The van der Waals surface area contributed by atoms with E-state index in [-0.39, 0.29) is 16.9 Å². The molecule has 3 fully saturated rings. The Labute approximate surface area is 176 Å². The second-order valence-electron chi connectivity index (χ2n) is 10.00. The van der Waals surface area contributed by atoms with Gasteiger partial charge >= 0.3 is 0 Å². The summed E-state index contributed by atoms with van der Waals surface area (Å²) in [4.78, 5) is 0. The molecule has 0 bridgehead atoms. The number of aliphatic hydroxyl groups is 2. The average Bonchev–Trinajstić information content (AvgIpc) is 3.35. The van der Waals surface area contributed by atoms with Gasteiger partial charge in [-0.1, -0.05) is 54.7 Å². The summed E-state index contributed by atoms with van der Waals surface area (Å²) < 4.78 is 0. The lowest BCUT2D eigenvalue weighted by Gasteiger charge is -2.43. The van der Waals surface area contributed by atoms with Crippen LogP contribution in [0.2, 0.25) is 0 Å². The molecular formula is C27H36O2. The van der Waals surface area contributed by atoms with E-state index in [1.807, 2.05) is 0 Å². The van der Waals surface area contributed by atoms with E-state index in [1.165, 1.54) is 37.7 Å². The molecule has 0 spiro atoms. The Hall–Kier alpha value is -1.56. The van der Waals surface area contributed by atoms with Crippen molar-refractivity contribution in [2.24, 2.45) is 16.7 Å². The van der Waals surface area contributed by atoms with Crippen LogP contribution < -0.4 is 0 Å². The molecule has 2 heteroatoms. The van der Waals surface area contributed by atoms with Gasteiger partial charge in [-0.2, -0.15) is 0 Å². The molecule has 156 valence electrons. The molecule has 4 unspecified atom stereocenters. The standard InChI is InChI=1S/C27H36O2/c1-19(28)7-5-16-27(17-18-27)25-14-13-23-22(9-6-15-26(23,25)3)12-11-21-8-4-10-24(29)20(21)2/h11-12,14,19,23-24,28-29H,2,4,6,8-10,13,15-18H2,1,3H3/b21-11-,22-12+. The quantitative estimate of drug-likeness (QED) is 0.483. The van der Waals surface area contributed by atoms with Gasteiger partial charge in [-0.3, -0.25) is 0 Å². The highest BCUT2D eigenvalue weighted by Crippen LogP contribution is 2.67. The fourth-order valence-corrected chi connectivity index (χ4v) is 6.13. The van der Waals surface area contributed by atoms with Crippen LogP contribution in [-0.4, -0.2) is 22.4 Å². The van der Waals surface area contributed by atoms with Crippen LogP contribution in [0, 0.1) is 28.6 Å². The van der Waals surface area contributed by atoms with Crippen molar-refractivity contribution in [1.29, 1.82) is 0 Å². The Morgan fingerprint density at radius 3 is 2.76 bits per heavy atom. The van der Waals surface area contributed by atoms with Crippen molar-refractivity contribution < 1.29 is 10.2 Å². The van der Waals surface area contributed by atoms with Gasteiger partial charge in [0.1, 0.15) is 6.10 Å². The first-order valence-electron chi connectivity index (χ1n) is 11.5. The van der Waals surface area contributed by atoms with E-state index in [9.17, 15) is 10.2 Å². The second kappa shape index (κ2) is 7.93. The van der Waals surface area contributed by atoms with E-state index in [1.54, 1.807) is 18.1 Å². The Balaban J connectivity index is 1.54. The fraction of sp³-hybridized carbons (Fsp3) is 0.630. The first-order chi connectivity index (χ1) is 13.9. The largest absolute Gasteiger partial charge is 0.388 e. The van der Waals surface area contributed by atoms with Crippen LogP contribution in [0.3, 0.4) is 0 Å². The molecular weight excluding hydrogens is 356 g/mol. The van der Waals surface area contributed by atoms with Crippen LogP contribution in [0.4, 0.5) is 0 Å². The first kappa shape index (κ1) is 20.7. The van der Waals surface area contributed by atoms with Crippen LogP contribution in [0.25, 0.3) is 0 Å². The maximum absolute atomic E-state index is 10.1. The normalized spacial score (nSPS) is 37.0. The predicted molar refractivity (Wildman–Crippen MR) is 119 cm³/mol. The zero-order valence-electron chi connectivity index (χ0n) is 18.1. The van der Waals surface area contributed by atoms with Gasteiger partial charge in [0, 0.05) is 11.8 Å². The summed E-state index contributed by atoms with van der Waals surface area (Å²) in [5.74, 6) is 6.82. The first-order valence-corrected chi connectivity index (χ1v) is 11.5. The van der Waals surface area contributed by atoms with Gasteiger partial charge < -0.3 is 10.2 Å². The minimum absolute atomic E-state index is 0.259. The molecule has 29 heavy (non-hydrogen) atoms. The van der Waals surface area contributed by atoms with E-state index >= 15 is 0 Å². The molecule has 0 saturated heterocycles. The zero-order chi connectivity index (χ0) is 20.6. The molecule has 4 aliphatic rings. The third kappa shape index (κ3) is 3.92. The van der Waals surface area contributed by atoms with Crippen molar-refractivity contribution in [2.75, 3.05) is 0 Å². The summed E-state index contributed by atoms with van der Waals surface area (Å²) >= 11 is 0. The van der Waals surface area contributed by atoms with Gasteiger partial charge in [-0.15, -0.1) is 0 Å². The van der Waals surface area contributed by atoms with Gasteiger partial charge in [-0.05, 0) is 87.2 Å². The maximum atomic E-state index is 10.1. The Kier molecular flexibility index (Phi) is 5.66. The van der Waals surface area contributed by atoms with E-state index < -0.39 is 6.10 Å². The monoisotopic (exact) mass is 392 g/mol. The number of rotatable bonds is 3. The van der Waals surface area contributed by atoms with Crippen LogP contribution in [0.5, 0.6) is 0 Å². The number of hydrogen-bond donors (Lipinski definition) is 2. The van der Waals surface area contributed by atoms with Crippen molar-refractivity contribution >= 4 is 0 Å². The Morgan fingerprint density at radius 2 is 2.03 bits per heavy atom. The zero-order valence-corrected chi connectivity index (χ0v) is 18.1. The fourth-order valence-electron chi connectivity index (χ4n) is 6.13. The predicted octanol–water partition coefficient (Wildman–Crippen LogP) is 5.63. The van der Waals surface area contributed by atoms with Crippen LogP contribution in [-0.2, 0) is 0 Å². The van der Waals surface area contributed by atoms with Crippen molar-refractivity contribution in [3.63, 3.8) is 0 Å². The highest BCUT2D eigenvalue weighted by molar-refractivity contribution is 5.42. The van der Waals surface area contributed by atoms with Crippen LogP contribution in [0.1, 0.15) is 78.1 Å². The average molecular weight is 393 g/mol. The van der Waals surface area contributed by atoms with E-state index in [4.69, 9.17) is 0 Å². The minimum atomic E-state index is -0.531. The number of allylic oxidation sites excluding steroid dienone is 5. The highest BCUT2D eigenvalue weighted by Gasteiger charge is 2.56. The van der Waals surface area contributed by atoms with Gasteiger partial charge in [0.25, 0.3) is 0 Å². The molecule has 0 aromatic rings. The minimum Gasteiger partial charge on any atom is -0.388 e. The van der Waals surface area contributed by atoms with Gasteiger partial charge in [0.05, 0.1) is 6.10 Å². The third-order valence-electron chi connectivity index (χ3n) is 7.95. The molecule has 4 aliphatic carbocycles.